The second kappa shape index (κ2) is 6.01. The zero-order valence-corrected chi connectivity index (χ0v) is 12.1. The van der Waals surface area contributed by atoms with Crippen LogP contribution in [0, 0.1) is 5.92 Å². The summed E-state index contributed by atoms with van der Waals surface area (Å²) in [5, 5.41) is 0.844. The first kappa shape index (κ1) is 13.1. The van der Waals surface area contributed by atoms with Crippen molar-refractivity contribution in [1.29, 1.82) is 0 Å². The van der Waals surface area contributed by atoms with Crippen molar-refractivity contribution in [1.82, 2.24) is 0 Å². The summed E-state index contributed by atoms with van der Waals surface area (Å²) in [4.78, 5) is 0. The third kappa shape index (κ3) is 3.32. The third-order valence-corrected chi connectivity index (χ3v) is 4.82. The first-order valence-corrected chi connectivity index (χ1v) is 7.62. The number of ether oxygens (including phenoxy) is 1. The Labute approximate surface area is 113 Å². The molecule has 17 heavy (non-hydrogen) atoms. The number of alkyl halides is 1. The van der Waals surface area contributed by atoms with Crippen molar-refractivity contribution in [3.8, 4) is 0 Å². The zero-order valence-electron chi connectivity index (χ0n) is 10.5. The van der Waals surface area contributed by atoms with Gasteiger partial charge in [0.15, 0.2) is 0 Å². The maximum absolute atomic E-state index is 6.20. The van der Waals surface area contributed by atoms with Gasteiger partial charge in [-0.1, -0.05) is 59.1 Å². The molecule has 0 saturated heterocycles. The summed E-state index contributed by atoms with van der Waals surface area (Å²) in [5.74, 6) is 0.775. The van der Waals surface area contributed by atoms with Gasteiger partial charge in [0.1, 0.15) is 0 Å². The Morgan fingerprint density at radius 1 is 1.24 bits per heavy atom. The molecule has 0 aliphatic heterocycles. The Kier molecular flexibility index (Phi) is 4.63. The average molecular weight is 297 g/mol. The SMILES string of the molecule is CC(CBr)(OCC1CCCC1)c1ccccc1. The van der Waals surface area contributed by atoms with E-state index >= 15 is 0 Å². The smallest absolute Gasteiger partial charge is 0.0999 e. The van der Waals surface area contributed by atoms with Crippen LogP contribution >= 0.6 is 15.9 Å². The molecular formula is C15H21BrO. The fourth-order valence-electron chi connectivity index (χ4n) is 2.47. The number of hydrogen-bond donors (Lipinski definition) is 0. The van der Waals surface area contributed by atoms with Gasteiger partial charge < -0.3 is 4.74 Å². The Balaban J connectivity index is 1.98. The molecule has 0 bridgehead atoms. The summed E-state index contributed by atoms with van der Waals surface area (Å²) >= 11 is 3.59. The van der Waals surface area contributed by atoms with E-state index in [0.717, 1.165) is 17.9 Å². The summed E-state index contributed by atoms with van der Waals surface area (Å²) < 4.78 is 6.20. The van der Waals surface area contributed by atoms with Crippen LogP contribution in [0.1, 0.15) is 38.2 Å². The Bertz CT molecular complexity index is 332. The van der Waals surface area contributed by atoms with Crippen LogP contribution in [0.3, 0.4) is 0 Å². The summed E-state index contributed by atoms with van der Waals surface area (Å²) in [5.41, 5.74) is 1.07. The largest absolute Gasteiger partial charge is 0.369 e. The molecular weight excluding hydrogens is 276 g/mol. The topological polar surface area (TPSA) is 9.23 Å². The van der Waals surface area contributed by atoms with Gasteiger partial charge in [0.25, 0.3) is 0 Å². The molecule has 0 radical (unpaired) electrons. The molecule has 1 unspecified atom stereocenters. The van der Waals surface area contributed by atoms with E-state index in [2.05, 4.69) is 53.2 Å². The minimum atomic E-state index is -0.191. The summed E-state index contributed by atoms with van der Waals surface area (Å²) in [6.07, 6.45) is 5.44. The minimum absolute atomic E-state index is 0.191. The van der Waals surface area contributed by atoms with Crippen LogP contribution < -0.4 is 0 Å². The highest BCUT2D eigenvalue weighted by Gasteiger charge is 2.28. The molecule has 2 rings (SSSR count). The normalized spacial score (nSPS) is 20.4. The molecule has 1 aliphatic carbocycles. The third-order valence-electron chi connectivity index (χ3n) is 3.75. The fourth-order valence-corrected chi connectivity index (χ4v) is 2.95. The quantitative estimate of drug-likeness (QED) is 0.727. The average Bonchev–Trinajstić information content (AvgIpc) is 2.90. The van der Waals surface area contributed by atoms with Crippen LogP contribution in [0.25, 0.3) is 0 Å². The maximum Gasteiger partial charge on any atom is 0.0999 e. The minimum Gasteiger partial charge on any atom is -0.369 e. The first-order chi connectivity index (χ1) is 8.24. The van der Waals surface area contributed by atoms with E-state index in [9.17, 15) is 0 Å². The van der Waals surface area contributed by atoms with Gasteiger partial charge in [-0.2, -0.15) is 0 Å². The molecule has 1 saturated carbocycles. The molecule has 1 atom stereocenters. The van der Waals surface area contributed by atoms with Crippen molar-refractivity contribution in [2.45, 2.75) is 38.2 Å². The van der Waals surface area contributed by atoms with E-state index in [0.29, 0.717) is 0 Å². The lowest BCUT2D eigenvalue weighted by molar-refractivity contribution is -0.0342. The van der Waals surface area contributed by atoms with E-state index < -0.39 is 0 Å². The van der Waals surface area contributed by atoms with Gasteiger partial charge in [0.2, 0.25) is 0 Å². The predicted molar refractivity (Wildman–Crippen MR) is 75.5 cm³/mol. The molecule has 1 aromatic carbocycles. The molecule has 0 aromatic heterocycles. The standard InChI is InChI=1S/C15H21BrO/c1-15(12-16,14-9-3-2-4-10-14)17-11-13-7-5-6-8-13/h2-4,9-10,13H,5-8,11-12H2,1H3. The van der Waals surface area contributed by atoms with Crippen LogP contribution in [0.2, 0.25) is 0 Å². The molecule has 0 spiro atoms. The lowest BCUT2D eigenvalue weighted by atomic mass is 9.98. The highest BCUT2D eigenvalue weighted by Crippen LogP contribution is 2.31. The highest BCUT2D eigenvalue weighted by atomic mass is 79.9. The van der Waals surface area contributed by atoms with E-state index in [1.54, 1.807) is 0 Å². The molecule has 1 aromatic rings. The van der Waals surface area contributed by atoms with Gasteiger partial charge in [0.05, 0.1) is 12.2 Å². The number of hydrogen-bond acceptors (Lipinski definition) is 1. The Hall–Kier alpha value is -0.340. The monoisotopic (exact) mass is 296 g/mol. The van der Waals surface area contributed by atoms with Gasteiger partial charge >= 0.3 is 0 Å². The van der Waals surface area contributed by atoms with Gasteiger partial charge in [-0.25, -0.2) is 0 Å². The van der Waals surface area contributed by atoms with Crippen LogP contribution in [-0.4, -0.2) is 11.9 Å². The predicted octanol–water partition coefficient (Wildman–Crippen LogP) is 4.50. The number of benzene rings is 1. The van der Waals surface area contributed by atoms with E-state index in [1.807, 2.05) is 0 Å². The van der Waals surface area contributed by atoms with Crippen molar-refractivity contribution in [3.63, 3.8) is 0 Å². The van der Waals surface area contributed by atoms with E-state index in [4.69, 9.17) is 4.74 Å². The van der Waals surface area contributed by atoms with Crippen molar-refractivity contribution in [2.75, 3.05) is 11.9 Å². The van der Waals surface area contributed by atoms with Crippen molar-refractivity contribution in [2.24, 2.45) is 5.92 Å². The van der Waals surface area contributed by atoms with E-state index in [1.165, 1.54) is 31.2 Å². The maximum atomic E-state index is 6.20. The van der Waals surface area contributed by atoms with Crippen molar-refractivity contribution >= 4 is 15.9 Å². The summed E-state index contributed by atoms with van der Waals surface area (Å²) in [7, 11) is 0. The second-order valence-electron chi connectivity index (χ2n) is 5.19. The molecule has 0 N–H and O–H groups in total. The Morgan fingerprint density at radius 3 is 2.47 bits per heavy atom. The van der Waals surface area contributed by atoms with Gasteiger partial charge in [-0.15, -0.1) is 0 Å². The van der Waals surface area contributed by atoms with Crippen LogP contribution in [0.4, 0.5) is 0 Å². The number of rotatable bonds is 5. The lowest BCUT2D eigenvalue weighted by Gasteiger charge is -2.30. The Morgan fingerprint density at radius 2 is 1.88 bits per heavy atom. The molecule has 1 nitrogen and oxygen atoms in total. The molecule has 1 fully saturated rings. The van der Waals surface area contributed by atoms with Crippen molar-refractivity contribution in [3.05, 3.63) is 35.9 Å². The van der Waals surface area contributed by atoms with Gasteiger partial charge in [0, 0.05) is 5.33 Å². The van der Waals surface area contributed by atoms with Crippen molar-refractivity contribution < 1.29 is 4.74 Å². The van der Waals surface area contributed by atoms with E-state index in [-0.39, 0.29) is 5.60 Å². The van der Waals surface area contributed by atoms with Crippen LogP contribution in [-0.2, 0) is 10.3 Å². The summed E-state index contributed by atoms with van der Waals surface area (Å²) in [6.45, 7) is 3.07. The number of halogens is 1. The fraction of sp³-hybridized carbons (Fsp3) is 0.600. The highest BCUT2D eigenvalue weighted by molar-refractivity contribution is 9.09. The van der Waals surface area contributed by atoms with Crippen LogP contribution in [0.5, 0.6) is 0 Å². The van der Waals surface area contributed by atoms with Gasteiger partial charge in [-0.3, -0.25) is 0 Å². The molecule has 0 heterocycles. The molecule has 1 aliphatic rings. The summed E-state index contributed by atoms with van der Waals surface area (Å²) in [6, 6.07) is 10.5. The van der Waals surface area contributed by atoms with Gasteiger partial charge in [-0.05, 0) is 31.2 Å². The first-order valence-electron chi connectivity index (χ1n) is 6.50. The lowest BCUT2D eigenvalue weighted by Crippen LogP contribution is -2.29. The molecule has 94 valence electrons. The molecule has 2 heteroatoms. The van der Waals surface area contributed by atoms with Crippen LogP contribution in [0.15, 0.2) is 30.3 Å². The molecule has 0 amide bonds. The zero-order chi connectivity index (χ0) is 12.1. The second-order valence-corrected chi connectivity index (χ2v) is 5.75.